The SMILES string of the molecule is CC(C)c1nc2ccc(C3CCCN3)cc2s1. The first kappa shape index (κ1) is 11.2. The lowest BCUT2D eigenvalue weighted by atomic mass is 10.1. The predicted octanol–water partition coefficient (Wildman–Crippen LogP) is 3.84. The van der Waals surface area contributed by atoms with Crippen molar-refractivity contribution >= 4 is 21.6 Å². The zero-order valence-corrected chi connectivity index (χ0v) is 11.2. The minimum absolute atomic E-state index is 0.528. The minimum atomic E-state index is 0.528. The molecule has 0 saturated carbocycles. The van der Waals surface area contributed by atoms with E-state index in [0.717, 1.165) is 12.1 Å². The molecule has 0 aliphatic carbocycles. The number of hydrogen-bond donors (Lipinski definition) is 1. The van der Waals surface area contributed by atoms with Gasteiger partial charge in [0.05, 0.1) is 15.2 Å². The maximum Gasteiger partial charge on any atom is 0.0963 e. The number of rotatable bonds is 2. The summed E-state index contributed by atoms with van der Waals surface area (Å²) in [5, 5.41) is 4.80. The highest BCUT2D eigenvalue weighted by Crippen LogP contribution is 2.31. The Labute approximate surface area is 106 Å². The van der Waals surface area contributed by atoms with Gasteiger partial charge in [-0.05, 0) is 37.1 Å². The van der Waals surface area contributed by atoms with Crippen LogP contribution in [0.2, 0.25) is 0 Å². The van der Waals surface area contributed by atoms with Gasteiger partial charge in [-0.15, -0.1) is 11.3 Å². The number of hydrogen-bond acceptors (Lipinski definition) is 3. The normalized spacial score (nSPS) is 20.5. The van der Waals surface area contributed by atoms with Crippen molar-refractivity contribution in [3.05, 3.63) is 28.8 Å². The Kier molecular flexibility index (Phi) is 2.89. The summed E-state index contributed by atoms with van der Waals surface area (Å²) in [6.45, 7) is 5.57. The summed E-state index contributed by atoms with van der Waals surface area (Å²) >= 11 is 1.84. The maximum atomic E-state index is 4.68. The van der Waals surface area contributed by atoms with Crippen molar-refractivity contribution in [2.24, 2.45) is 0 Å². The first-order chi connectivity index (χ1) is 8.24. The number of thiazole rings is 1. The van der Waals surface area contributed by atoms with Gasteiger partial charge < -0.3 is 5.32 Å². The third kappa shape index (κ3) is 2.09. The molecule has 1 aromatic heterocycles. The zero-order chi connectivity index (χ0) is 11.8. The summed E-state index contributed by atoms with van der Waals surface area (Å²) in [7, 11) is 0. The lowest BCUT2D eigenvalue weighted by Gasteiger charge is -2.09. The highest BCUT2D eigenvalue weighted by molar-refractivity contribution is 7.18. The summed E-state index contributed by atoms with van der Waals surface area (Å²) in [5.74, 6) is 0.528. The van der Waals surface area contributed by atoms with Gasteiger partial charge in [-0.3, -0.25) is 0 Å². The van der Waals surface area contributed by atoms with Crippen LogP contribution in [-0.2, 0) is 0 Å². The summed E-state index contributed by atoms with van der Waals surface area (Å²) in [6.07, 6.45) is 2.56. The van der Waals surface area contributed by atoms with Crippen LogP contribution in [0.5, 0.6) is 0 Å². The van der Waals surface area contributed by atoms with Crippen LogP contribution in [0.1, 0.15) is 49.2 Å². The van der Waals surface area contributed by atoms with Crippen LogP contribution in [0, 0.1) is 0 Å². The van der Waals surface area contributed by atoms with Gasteiger partial charge in [-0.25, -0.2) is 4.98 Å². The monoisotopic (exact) mass is 246 g/mol. The van der Waals surface area contributed by atoms with Crippen molar-refractivity contribution in [3.8, 4) is 0 Å². The van der Waals surface area contributed by atoms with E-state index in [1.165, 1.54) is 28.1 Å². The third-order valence-electron chi connectivity index (χ3n) is 3.39. The van der Waals surface area contributed by atoms with Crippen LogP contribution < -0.4 is 5.32 Å². The lowest BCUT2D eigenvalue weighted by molar-refractivity contribution is 0.649. The number of nitrogens with zero attached hydrogens (tertiary/aromatic N) is 1. The number of aromatic nitrogens is 1. The highest BCUT2D eigenvalue weighted by atomic mass is 32.1. The van der Waals surface area contributed by atoms with Gasteiger partial charge >= 0.3 is 0 Å². The van der Waals surface area contributed by atoms with Crippen molar-refractivity contribution in [1.82, 2.24) is 10.3 Å². The maximum absolute atomic E-state index is 4.68. The van der Waals surface area contributed by atoms with Crippen LogP contribution in [-0.4, -0.2) is 11.5 Å². The first-order valence-electron chi connectivity index (χ1n) is 6.38. The molecule has 1 atom stereocenters. The molecule has 0 spiro atoms. The molecule has 1 fully saturated rings. The molecule has 2 heterocycles. The van der Waals surface area contributed by atoms with Crippen LogP contribution in [0.25, 0.3) is 10.2 Å². The average molecular weight is 246 g/mol. The van der Waals surface area contributed by atoms with Crippen molar-refractivity contribution < 1.29 is 0 Å². The van der Waals surface area contributed by atoms with Crippen LogP contribution >= 0.6 is 11.3 Å². The van der Waals surface area contributed by atoms with Gasteiger partial charge in [0, 0.05) is 12.0 Å². The third-order valence-corrected chi connectivity index (χ3v) is 4.70. The fourth-order valence-electron chi connectivity index (χ4n) is 2.39. The van der Waals surface area contributed by atoms with Crippen LogP contribution in [0.4, 0.5) is 0 Å². The summed E-state index contributed by atoms with van der Waals surface area (Å²) < 4.78 is 1.33. The van der Waals surface area contributed by atoms with E-state index in [9.17, 15) is 0 Å². The van der Waals surface area contributed by atoms with E-state index in [1.807, 2.05) is 11.3 Å². The number of fused-ring (bicyclic) bond motifs is 1. The number of nitrogens with one attached hydrogen (secondary N) is 1. The second kappa shape index (κ2) is 4.39. The Bertz CT molecular complexity index is 524. The molecule has 2 nitrogen and oxygen atoms in total. The highest BCUT2D eigenvalue weighted by Gasteiger charge is 2.17. The van der Waals surface area contributed by atoms with Gasteiger partial charge in [0.25, 0.3) is 0 Å². The molecular weight excluding hydrogens is 228 g/mol. The molecule has 1 saturated heterocycles. The summed E-state index contributed by atoms with van der Waals surface area (Å²) in [5.41, 5.74) is 2.58. The predicted molar refractivity (Wildman–Crippen MR) is 73.7 cm³/mol. The van der Waals surface area contributed by atoms with Crippen LogP contribution in [0.15, 0.2) is 18.2 Å². The van der Waals surface area contributed by atoms with Crippen molar-refractivity contribution in [1.29, 1.82) is 0 Å². The lowest BCUT2D eigenvalue weighted by Crippen LogP contribution is -2.12. The van der Waals surface area contributed by atoms with E-state index < -0.39 is 0 Å². The molecule has 2 aromatic rings. The molecule has 3 heteroatoms. The van der Waals surface area contributed by atoms with Gasteiger partial charge in [-0.1, -0.05) is 19.9 Å². The Morgan fingerprint density at radius 3 is 3.00 bits per heavy atom. The van der Waals surface area contributed by atoms with E-state index in [-0.39, 0.29) is 0 Å². The molecule has 0 amide bonds. The fraction of sp³-hybridized carbons (Fsp3) is 0.500. The second-order valence-corrected chi connectivity index (χ2v) is 6.15. The summed E-state index contributed by atoms with van der Waals surface area (Å²) in [6, 6.07) is 7.29. The van der Waals surface area contributed by atoms with Crippen LogP contribution in [0.3, 0.4) is 0 Å². The first-order valence-corrected chi connectivity index (χ1v) is 7.19. The Hall–Kier alpha value is -0.930. The molecule has 90 valence electrons. The standard InChI is InChI=1S/C14H18N2S/c1-9(2)14-16-12-6-5-10(8-13(12)17-14)11-4-3-7-15-11/h5-6,8-9,11,15H,3-4,7H2,1-2H3. The zero-order valence-electron chi connectivity index (χ0n) is 10.4. The molecular formula is C14H18N2S. The molecule has 3 rings (SSSR count). The molecule has 1 aliphatic rings. The molecule has 0 bridgehead atoms. The molecule has 1 unspecified atom stereocenters. The average Bonchev–Trinajstić information content (AvgIpc) is 2.97. The smallest absolute Gasteiger partial charge is 0.0963 e. The largest absolute Gasteiger partial charge is 0.310 e. The van der Waals surface area contributed by atoms with E-state index in [4.69, 9.17) is 0 Å². The topological polar surface area (TPSA) is 24.9 Å². The Morgan fingerprint density at radius 2 is 2.29 bits per heavy atom. The Morgan fingerprint density at radius 1 is 1.41 bits per heavy atom. The minimum Gasteiger partial charge on any atom is -0.310 e. The van der Waals surface area contributed by atoms with Crippen molar-refractivity contribution in [2.75, 3.05) is 6.54 Å². The molecule has 1 N–H and O–H groups in total. The van der Waals surface area contributed by atoms with Gasteiger partial charge in [0.15, 0.2) is 0 Å². The van der Waals surface area contributed by atoms with E-state index in [0.29, 0.717) is 12.0 Å². The van der Waals surface area contributed by atoms with E-state index in [1.54, 1.807) is 0 Å². The quantitative estimate of drug-likeness (QED) is 0.870. The van der Waals surface area contributed by atoms with E-state index >= 15 is 0 Å². The molecule has 1 aromatic carbocycles. The summed E-state index contributed by atoms with van der Waals surface area (Å²) in [4.78, 5) is 4.68. The van der Waals surface area contributed by atoms with Crippen molar-refractivity contribution in [2.45, 2.75) is 38.6 Å². The molecule has 1 aliphatic heterocycles. The number of benzene rings is 1. The Balaban J connectivity index is 2.00. The fourth-order valence-corrected chi connectivity index (χ4v) is 3.41. The van der Waals surface area contributed by atoms with Gasteiger partial charge in [-0.2, -0.15) is 0 Å². The second-order valence-electron chi connectivity index (χ2n) is 5.08. The molecule has 0 radical (unpaired) electrons. The molecule has 17 heavy (non-hydrogen) atoms. The van der Waals surface area contributed by atoms with Gasteiger partial charge in [0.2, 0.25) is 0 Å². The van der Waals surface area contributed by atoms with E-state index in [2.05, 4.69) is 42.3 Å². The van der Waals surface area contributed by atoms with Crippen molar-refractivity contribution in [3.63, 3.8) is 0 Å². The van der Waals surface area contributed by atoms with Gasteiger partial charge in [0.1, 0.15) is 0 Å².